The maximum atomic E-state index is 12.5. The number of nitrogens with zero attached hydrogens (tertiary/aromatic N) is 2. The van der Waals surface area contributed by atoms with E-state index in [2.05, 4.69) is 0 Å². The van der Waals surface area contributed by atoms with Gasteiger partial charge in [-0.15, -0.1) is 0 Å². The Balaban J connectivity index is 1.67. The van der Waals surface area contributed by atoms with E-state index in [0.717, 1.165) is 0 Å². The van der Waals surface area contributed by atoms with Crippen molar-refractivity contribution in [3.63, 3.8) is 0 Å². The molecule has 1 aromatic rings. The number of morpholine rings is 1. The topological polar surface area (TPSA) is 84.0 Å². The van der Waals surface area contributed by atoms with E-state index in [1.54, 1.807) is 24.3 Å². The number of ether oxygens (including phenoxy) is 1. The fourth-order valence-corrected chi connectivity index (χ4v) is 4.37. The Kier molecular flexibility index (Phi) is 4.98. The zero-order valence-electron chi connectivity index (χ0n) is 13.3. The monoisotopic (exact) mass is 352 g/mol. The third-order valence-corrected chi connectivity index (χ3v) is 6.17. The van der Waals surface area contributed by atoms with Crippen molar-refractivity contribution in [2.75, 3.05) is 43.5 Å². The Morgan fingerprint density at radius 1 is 1.12 bits per heavy atom. The molecule has 0 bridgehead atoms. The van der Waals surface area contributed by atoms with Gasteiger partial charge in [0.05, 0.1) is 24.7 Å². The van der Waals surface area contributed by atoms with E-state index in [-0.39, 0.29) is 30.3 Å². The van der Waals surface area contributed by atoms with Gasteiger partial charge in [0, 0.05) is 38.0 Å². The first-order valence-corrected chi connectivity index (χ1v) is 9.58. The number of sulfonamides is 1. The van der Waals surface area contributed by atoms with E-state index >= 15 is 0 Å². The minimum absolute atomic E-state index is 0.00980. The molecule has 0 spiro atoms. The van der Waals surface area contributed by atoms with E-state index in [4.69, 9.17) is 4.74 Å². The third-order valence-electron chi connectivity index (χ3n) is 4.30. The highest BCUT2D eigenvalue weighted by Gasteiger charge is 2.29. The van der Waals surface area contributed by atoms with E-state index < -0.39 is 10.0 Å². The second-order valence-corrected chi connectivity index (χ2v) is 7.90. The SMILES string of the molecule is O=C1CCN(C(=O)CCS(=O)(=O)N2CCOCC2)c2ccccc21. The molecule has 8 heteroatoms. The molecule has 7 nitrogen and oxygen atoms in total. The molecule has 0 saturated carbocycles. The van der Waals surface area contributed by atoms with Crippen molar-refractivity contribution in [3.8, 4) is 0 Å². The maximum absolute atomic E-state index is 12.5. The smallest absolute Gasteiger partial charge is 0.228 e. The number of ketones is 1. The van der Waals surface area contributed by atoms with Gasteiger partial charge in [-0.05, 0) is 12.1 Å². The molecular weight excluding hydrogens is 332 g/mol. The number of hydrogen-bond acceptors (Lipinski definition) is 5. The summed E-state index contributed by atoms with van der Waals surface area (Å²) in [7, 11) is -3.47. The van der Waals surface area contributed by atoms with Gasteiger partial charge in [-0.25, -0.2) is 8.42 Å². The molecule has 3 rings (SSSR count). The van der Waals surface area contributed by atoms with Crippen LogP contribution in [0.4, 0.5) is 5.69 Å². The number of hydrogen-bond donors (Lipinski definition) is 0. The second kappa shape index (κ2) is 7.00. The molecule has 0 N–H and O–H groups in total. The summed E-state index contributed by atoms with van der Waals surface area (Å²) in [5.41, 5.74) is 1.09. The fourth-order valence-electron chi connectivity index (χ4n) is 2.98. The van der Waals surface area contributed by atoms with Crippen LogP contribution in [0.2, 0.25) is 0 Å². The van der Waals surface area contributed by atoms with E-state index in [9.17, 15) is 18.0 Å². The molecule has 1 fully saturated rings. The molecule has 0 atom stereocenters. The van der Waals surface area contributed by atoms with Crippen LogP contribution in [0.5, 0.6) is 0 Å². The predicted octanol–water partition coefficient (Wildman–Crippen LogP) is 0.658. The van der Waals surface area contributed by atoms with Gasteiger partial charge < -0.3 is 9.64 Å². The average molecular weight is 352 g/mol. The normalized spacial score (nSPS) is 19.2. The standard InChI is InChI=1S/C16H20N2O5S/c19-15-5-7-18(14-4-2-1-3-13(14)15)16(20)6-12-24(21,22)17-8-10-23-11-9-17/h1-4H,5-12H2. The van der Waals surface area contributed by atoms with Crippen LogP contribution < -0.4 is 4.90 Å². The lowest BCUT2D eigenvalue weighted by Gasteiger charge is -2.29. The molecular formula is C16H20N2O5S. The Bertz CT molecular complexity index is 741. The summed E-state index contributed by atoms with van der Waals surface area (Å²) in [5.74, 6) is -0.485. The van der Waals surface area contributed by atoms with Gasteiger partial charge in [0.15, 0.2) is 5.78 Å². The summed E-state index contributed by atoms with van der Waals surface area (Å²) < 4.78 is 31.2. The zero-order chi connectivity index (χ0) is 17.2. The first kappa shape index (κ1) is 17.1. The molecule has 2 aliphatic heterocycles. The summed E-state index contributed by atoms with van der Waals surface area (Å²) >= 11 is 0. The number of carbonyl (C=O) groups excluding carboxylic acids is 2. The highest BCUT2D eigenvalue weighted by atomic mass is 32.2. The third kappa shape index (κ3) is 3.50. The molecule has 130 valence electrons. The van der Waals surface area contributed by atoms with Gasteiger partial charge in [-0.3, -0.25) is 9.59 Å². The lowest BCUT2D eigenvalue weighted by Crippen LogP contribution is -2.43. The molecule has 24 heavy (non-hydrogen) atoms. The number of carbonyl (C=O) groups is 2. The van der Waals surface area contributed by atoms with Crippen molar-refractivity contribution >= 4 is 27.4 Å². The molecule has 1 aromatic carbocycles. The van der Waals surface area contributed by atoms with Gasteiger partial charge >= 0.3 is 0 Å². The number of para-hydroxylation sites is 1. The van der Waals surface area contributed by atoms with Crippen LogP contribution in [0, 0.1) is 0 Å². The summed E-state index contributed by atoms with van der Waals surface area (Å²) in [4.78, 5) is 25.9. The first-order chi connectivity index (χ1) is 11.5. The van der Waals surface area contributed by atoms with Crippen LogP contribution in [0.25, 0.3) is 0 Å². The maximum Gasteiger partial charge on any atom is 0.228 e. The molecule has 1 saturated heterocycles. The number of anilines is 1. The van der Waals surface area contributed by atoms with Gasteiger partial charge in [0.2, 0.25) is 15.9 Å². The van der Waals surface area contributed by atoms with Gasteiger partial charge in [-0.2, -0.15) is 4.31 Å². The Morgan fingerprint density at radius 3 is 2.58 bits per heavy atom. The Hall–Kier alpha value is -1.77. The molecule has 0 aliphatic carbocycles. The summed E-state index contributed by atoms with van der Waals surface area (Å²) in [6.07, 6.45) is 0.168. The highest BCUT2D eigenvalue weighted by Crippen LogP contribution is 2.27. The number of Topliss-reactive ketones (excluding diaryl/α,β-unsaturated/α-hetero) is 1. The Morgan fingerprint density at radius 2 is 1.83 bits per heavy atom. The molecule has 0 aromatic heterocycles. The summed E-state index contributed by atoms with van der Waals surface area (Å²) in [5, 5.41) is 0. The van der Waals surface area contributed by atoms with Gasteiger partial charge in [0.25, 0.3) is 0 Å². The molecule has 0 radical (unpaired) electrons. The molecule has 0 unspecified atom stereocenters. The lowest BCUT2D eigenvalue weighted by atomic mass is 10.0. The number of rotatable bonds is 4. The van der Waals surface area contributed by atoms with Crippen LogP contribution in [0.15, 0.2) is 24.3 Å². The minimum Gasteiger partial charge on any atom is -0.379 e. The van der Waals surface area contributed by atoms with Crippen molar-refractivity contribution < 1.29 is 22.7 Å². The van der Waals surface area contributed by atoms with Crippen molar-refractivity contribution in [1.29, 1.82) is 0 Å². The molecule has 1 amide bonds. The van der Waals surface area contributed by atoms with Crippen molar-refractivity contribution in [2.45, 2.75) is 12.8 Å². The molecule has 2 aliphatic rings. The van der Waals surface area contributed by atoms with E-state index in [0.29, 0.717) is 44.1 Å². The van der Waals surface area contributed by atoms with Crippen LogP contribution in [-0.2, 0) is 19.6 Å². The zero-order valence-corrected chi connectivity index (χ0v) is 14.1. The quantitative estimate of drug-likeness (QED) is 0.795. The highest BCUT2D eigenvalue weighted by molar-refractivity contribution is 7.89. The van der Waals surface area contributed by atoms with E-state index in [1.807, 2.05) is 0 Å². The lowest BCUT2D eigenvalue weighted by molar-refractivity contribution is -0.118. The summed E-state index contributed by atoms with van der Waals surface area (Å²) in [6, 6.07) is 6.94. The van der Waals surface area contributed by atoms with Crippen LogP contribution in [0.1, 0.15) is 23.2 Å². The largest absolute Gasteiger partial charge is 0.379 e. The van der Waals surface area contributed by atoms with Gasteiger partial charge in [0.1, 0.15) is 0 Å². The predicted molar refractivity (Wildman–Crippen MR) is 88.5 cm³/mol. The van der Waals surface area contributed by atoms with Crippen LogP contribution >= 0.6 is 0 Å². The average Bonchev–Trinajstić information content (AvgIpc) is 2.61. The number of benzene rings is 1. The van der Waals surface area contributed by atoms with Gasteiger partial charge in [-0.1, -0.05) is 12.1 Å². The Labute approximate surface area is 141 Å². The molecule has 2 heterocycles. The minimum atomic E-state index is -3.47. The fraction of sp³-hybridized carbons (Fsp3) is 0.500. The van der Waals surface area contributed by atoms with E-state index in [1.165, 1.54) is 9.21 Å². The van der Waals surface area contributed by atoms with Crippen LogP contribution in [-0.4, -0.2) is 63.0 Å². The number of amides is 1. The summed E-state index contributed by atoms with van der Waals surface area (Å²) in [6.45, 7) is 1.73. The second-order valence-electron chi connectivity index (χ2n) is 5.81. The van der Waals surface area contributed by atoms with Crippen molar-refractivity contribution in [2.24, 2.45) is 0 Å². The van der Waals surface area contributed by atoms with Crippen LogP contribution in [0.3, 0.4) is 0 Å². The van der Waals surface area contributed by atoms with Crippen molar-refractivity contribution in [1.82, 2.24) is 4.31 Å². The van der Waals surface area contributed by atoms with Crippen molar-refractivity contribution in [3.05, 3.63) is 29.8 Å². The number of fused-ring (bicyclic) bond motifs is 1. The first-order valence-electron chi connectivity index (χ1n) is 7.97.